The summed E-state index contributed by atoms with van der Waals surface area (Å²) < 4.78 is 5.51. The fourth-order valence-corrected chi connectivity index (χ4v) is 2.87. The Morgan fingerprint density at radius 3 is 2.67 bits per heavy atom. The summed E-state index contributed by atoms with van der Waals surface area (Å²) in [5, 5.41) is 11.9. The molecule has 3 unspecified atom stereocenters. The summed E-state index contributed by atoms with van der Waals surface area (Å²) in [5.41, 5.74) is 0. The molecule has 2 fully saturated rings. The molecule has 2 aliphatic rings. The Kier molecular flexibility index (Phi) is 4.58. The number of carbonyl (C=O) groups excluding carboxylic acids is 1. The lowest BCUT2D eigenvalue weighted by Gasteiger charge is -2.23. The fraction of sp³-hybridized carbons (Fsp3) is 0.846. The number of carboxylic acid groups (broad SMARTS) is 1. The van der Waals surface area contributed by atoms with Gasteiger partial charge in [-0.2, -0.15) is 0 Å². The minimum Gasteiger partial charge on any atom is -0.481 e. The molecular weight excluding hydrogens is 234 g/mol. The van der Waals surface area contributed by atoms with E-state index in [9.17, 15) is 9.59 Å². The summed E-state index contributed by atoms with van der Waals surface area (Å²) in [5.74, 6) is -1.28. The van der Waals surface area contributed by atoms with E-state index in [1.165, 1.54) is 0 Å². The highest BCUT2D eigenvalue weighted by Gasteiger charge is 2.34. The molecule has 0 bridgehead atoms. The Morgan fingerprint density at radius 1 is 1.17 bits per heavy atom. The molecule has 0 radical (unpaired) electrons. The van der Waals surface area contributed by atoms with Crippen LogP contribution in [0.2, 0.25) is 0 Å². The van der Waals surface area contributed by atoms with Crippen molar-refractivity contribution in [2.75, 3.05) is 6.61 Å². The van der Waals surface area contributed by atoms with Gasteiger partial charge in [-0.1, -0.05) is 6.42 Å². The monoisotopic (exact) mass is 255 g/mol. The first-order valence-electron chi connectivity index (χ1n) is 6.80. The van der Waals surface area contributed by atoms with E-state index in [4.69, 9.17) is 9.84 Å². The maximum absolute atomic E-state index is 11.9. The number of hydrogen-bond acceptors (Lipinski definition) is 3. The van der Waals surface area contributed by atoms with Crippen LogP contribution in [-0.4, -0.2) is 35.7 Å². The highest BCUT2D eigenvalue weighted by Crippen LogP contribution is 2.26. The van der Waals surface area contributed by atoms with Crippen LogP contribution < -0.4 is 5.32 Å². The Labute approximate surface area is 107 Å². The summed E-state index contributed by atoms with van der Waals surface area (Å²) in [6, 6.07) is -0.196. The first-order valence-corrected chi connectivity index (χ1v) is 6.80. The zero-order chi connectivity index (χ0) is 13.0. The van der Waals surface area contributed by atoms with E-state index in [0.29, 0.717) is 12.8 Å². The number of amides is 1. The molecule has 2 rings (SSSR count). The largest absolute Gasteiger partial charge is 0.481 e. The lowest BCUT2D eigenvalue weighted by molar-refractivity contribution is -0.142. The van der Waals surface area contributed by atoms with E-state index in [-0.39, 0.29) is 18.1 Å². The van der Waals surface area contributed by atoms with Gasteiger partial charge in [-0.05, 0) is 32.1 Å². The second kappa shape index (κ2) is 6.18. The number of nitrogens with one attached hydrogen (secondary N) is 1. The van der Waals surface area contributed by atoms with Gasteiger partial charge in [-0.3, -0.25) is 9.59 Å². The van der Waals surface area contributed by atoms with E-state index in [1.54, 1.807) is 0 Å². The second-order valence-electron chi connectivity index (χ2n) is 5.24. The van der Waals surface area contributed by atoms with E-state index in [0.717, 1.165) is 38.7 Å². The number of rotatable bonds is 4. The highest BCUT2D eigenvalue weighted by molar-refractivity contribution is 5.78. The van der Waals surface area contributed by atoms with Gasteiger partial charge in [0.1, 0.15) is 0 Å². The molecule has 18 heavy (non-hydrogen) atoms. The molecule has 5 nitrogen and oxygen atoms in total. The summed E-state index contributed by atoms with van der Waals surface area (Å²) in [6.07, 6.45) is 5.81. The molecule has 3 atom stereocenters. The van der Waals surface area contributed by atoms with Gasteiger partial charge in [0.15, 0.2) is 0 Å². The number of hydrogen-bond donors (Lipinski definition) is 2. The van der Waals surface area contributed by atoms with Crippen LogP contribution in [0.5, 0.6) is 0 Å². The van der Waals surface area contributed by atoms with Crippen molar-refractivity contribution in [1.82, 2.24) is 5.32 Å². The maximum atomic E-state index is 11.9. The molecule has 5 heteroatoms. The average molecular weight is 255 g/mol. The Balaban J connectivity index is 1.77. The molecule has 2 N–H and O–H groups in total. The third-order valence-corrected chi connectivity index (χ3v) is 3.87. The van der Waals surface area contributed by atoms with Crippen molar-refractivity contribution in [3.63, 3.8) is 0 Å². The zero-order valence-electron chi connectivity index (χ0n) is 10.6. The van der Waals surface area contributed by atoms with Crippen molar-refractivity contribution in [3.05, 3.63) is 0 Å². The van der Waals surface area contributed by atoms with Crippen molar-refractivity contribution >= 4 is 11.9 Å². The van der Waals surface area contributed by atoms with E-state index in [2.05, 4.69) is 5.32 Å². The molecular formula is C13H21NO4. The van der Waals surface area contributed by atoms with Crippen LogP contribution in [0.3, 0.4) is 0 Å². The number of ether oxygens (including phenoxy) is 1. The van der Waals surface area contributed by atoms with Crippen LogP contribution >= 0.6 is 0 Å². The van der Waals surface area contributed by atoms with Crippen LogP contribution in [0.25, 0.3) is 0 Å². The van der Waals surface area contributed by atoms with Gasteiger partial charge in [-0.15, -0.1) is 0 Å². The van der Waals surface area contributed by atoms with Crippen molar-refractivity contribution in [2.24, 2.45) is 5.92 Å². The molecule has 0 aromatic rings. The van der Waals surface area contributed by atoms with Crippen LogP contribution in [0.15, 0.2) is 0 Å². The second-order valence-corrected chi connectivity index (χ2v) is 5.24. The summed E-state index contributed by atoms with van der Waals surface area (Å²) >= 11 is 0. The summed E-state index contributed by atoms with van der Waals surface area (Å²) in [7, 11) is 0. The smallest absolute Gasteiger partial charge is 0.308 e. The molecule has 1 saturated heterocycles. The lowest BCUT2D eigenvalue weighted by Crippen LogP contribution is -2.41. The van der Waals surface area contributed by atoms with E-state index in [1.807, 2.05) is 0 Å². The molecule has 1 heterocycles. The van der Waals surface area contributed by atoms with Crippen molar-refractivity contribution in [1.29, 1.82) is 0 Å². The number of carboxylic acids is 1. The van der Waals surface area contributed by atoms with Crippen LogP contribution in [0.4, 0.5) is 0 Å². The molecule has 1 amide bonds. The number of aliphatic carboxylic acids is 1. The van der Waals surface area contributed by atoms with Gasteiger partial charge in [0, 0.05) is 12.6 Å². The normalized spacial score (nSPS) is 32.1. The van der Waals surface area contributed by atoms with Gasteiger partial charge in [0.05, 0.1) is 18.4 Å². The van der Waals surface area contributed by atoms with E-state index >= 15 is 0 Å². The minimum absolute atomic E-state index is 0.0171. The molecule has 0 aromatic heterocycles. The van der Waals surface area contributed by atoms with Crippen LogP contribution in [0, 0.1) is 5.92 Å². The molecule has 1 aliphatic carbocycles. The predicted octanol–water partition coefficient (Wildman–Crippen LogP) is 1.32. The van der Waals surface area contributed by atoms with Gasteiger partial charge >= 0.3 is 5.97 Å². The fourth-order valence-electron chi connectivity index (χ4n) is 2.87. The minimum atomic E-state index is -0.799. The van der Waals surface area contributed by atoms with Gasteiger partial charge in [0.2, 0.25) is 5.91 Å². The third-order valence-electron chi connectivity index (χ3n) is 3.87. The first-order chi connectivity index (χ1) is 8.66. The zero-order valence-corrected chi connectivity index (χ0v) is 10.6. The van der Waals surface area contributed by atoms with Crippen molar-refractivity contribution < 1.29 is 19.4 Å². The maximum Gasteiger partial charge on any atom is 0.308 e. The molecule has 0 spiro atoms. The van der Waals surface area contributed by atoms with Gasteiger partial charge in [-0.25, -0.2) is 0 Å². The van der Waals surface area contributed by atoms with Gasteiger partial charge in [0.25, 0.3) is 0 Å². The van der Waals surface area contributed by atoms with Gasteiger partial charge < -0.3 is 15.2 Å². The van der Waals surface area contributed by atoms with E-state index < -0.39 is 11.9 Å². The van der Waals surface area contributed by atoms with Crippen LogP contribution in [0.1, 0.15) is 44.9 Å². The highest BCUT2D eigenvalue weighted by atomic mass is 16.5. The third kappa shape index (κ3) is 3.45. The lowest BCUT2D eigenvalue weighted by atomic mass is 10.0. The van der Waals surface area contributed by atoms with Crippen molar-refractivity contribution in [3.8, 4) is 0 Å². The average Bonchev–Trinajstić information content (AvgIpc) is 2.78. The Bertz CT molecular complexity index is 312. The summed E-state index contributed by atoms with van der Waals surface area (Å²) in [4.78, 5) is 22.9. The quantitative estimate of drug-likeness (QED) is 0.794. The predicted molar refractivity (Wildman–Crippen MR) is 65.1 cm³/mol. The van der Waals surface area contributed by atoms with Crippen molar-refractivity contribution in [2.45, 2.75) is 57.1 Å². The summed E-state index contributed by atoms with van der Waals surface area (Å²) in [6.45, 7) is 0.735. The SMILES string of the molecule is O=C(CC1CCCCO1)NC1CCCC1C(=O)O. The molecule has 0 aromatic carbocycles. The molecule has 1 saturated carbocycles. The van der Waals surface area contributed by atoms with Crippen LogP contribution in [-0.2, 0) is 14.3 Å². The Morgan fingerprint density at radius 2 is 2.00 bits per heavy atom. The standard InChI is InChI=1S/C13H21NO4/c15-12(8-9-4-1-2-7-18-9)14-11-6-3-5-10(11)13(16)17/h9-11H,1-8H2,(H,14,15)(H,16,17). The Hall–Kier alpha value is -1.10. The molecule has 1 aliphatic heterocycles. The topological polar surface area (TPSA) is 75.6 Å². The first kappa shape index (κ1) is 13.3. The molecule has 102 valence electrons. The number of carbonyl (C=O) groups is 2.